The van der Waals surface area contributed by atoms with Gasteiger partial charge in [-0.1, -0.05) is 37.6 Å². The highest BCUT2D eigenvalue weighted by Gasteiger charge is 2.25. The molecule has 0 radical (unpaired) electrons. The first-order chi connectivity index (χ1) is 9.68. The van der Waals surface area contributed by atoms with E-state index >= 15 is 0 Å². The Kier molecular flexibility index (Phi) is 6.21. The van der Waals surface area contributed by atoms with Gasteiger partial charge in [-0.3, -0.25) is 9.59 Å². The number of halogens is 1. The van der Waals surface area contributed by atoms with Gasteiger partial charge < -0.3 is 10.4 Å². The number of aliphatic carboxylic acids is 1. The summed E-state index contributed by atoms with van der Waals surface area (Å²) in [7, 11) is 0. The van der Waals surface area contributed by atoms with Crippen molar-refractivity contribution in [2.45, 2.75) is 46.1 Å². The second-order valence-corrected chi connectivity index (χ2v) is 6.65. The van der Waals surface area contributed by atoms with E-state index in [2.05, 4.69) is 5.32 Å². The summed E-state index contributed by atoms with van der Waals surface area (Å²) in [6.07, 6.45) is 0.887. The molecule has 0 fully saturated rings. The molecule has 0 saturated carbocycles. The van der Waals surface area contributed by atoms with Crippen molar-refractivity contribution in [2.75, 3.05) is 0 Å². The molecule has 1 aromatic carbocycles. The predicted molar refractivity (Wildman–Crippen MR) is 83.4 cm³/mol. The molecule has 0 bridgehead atoms. The Morgan fingerprint density at radius 3 is 2.33 bits per heavy atom. The van der Waals surface area contributed by atoms with Gasteiger partial charge in [0.25, 0.3) is 0 Å². The predicted octanol–water partition coefficient (Wildman–Crippen LogP) is 3.28. The first kappa shape index (κ1) is 17.5. The zero-order valence-electron chi connectivity index (χ0n) is 12.6. The highest BCUT2D eigenvalue weighted by Crippen LogP contribution is 2.24. The largest absolute Gasteiger partial charge is 0.481 e. The summed E-state index contributed by atoms with van der Waals surface area (Å²) in [5.41, 5.74) is 0.549. The van der Waals surface area contributed by atoms with Crippen LogP contribution in [0, 0.1) is 5.41 Å². The third-order valence-electron chi connectivity index (χ3n) is 3.13. The van der Waals surface area contributed by atoms with Crippen molar-refractivity contribution in [2.24, 2.45) is 5.41 Å². The molecule has 1 amide bonds. The number of carbonyl (C=O) groups is 2. The Labute approximate surface area is 130 Å². The van der Waals surface area contributed by atoms with Crippen molar-refractivity contribution in [1.29, 1.82) is 0 Å². The van der Waals surface area contributed by atoms with Gasteiger partial charge in [-0.2, -0.15) is 0 Å². The molecular formula is C16H22ClNO3. The molecule has 0 heterocycles. The van der Waals surface area contributed by atoms with Gasteiger partial charge in [-0.05, 0) is 36.5 Å². The molecule has 1 aromatic rings. The second-order valence-electron chi connectivity index (χ2n) is 6.21. The summed E-state index contributed by atoms with van der Waals surface area (Å²) < 4.78 is 0. The fourth-order valence-corrected chi connectivity index (χ4v) is 2.38. The van der Waals surface area contributed by atoms with Crippen molar-refractivity contribution in [1.82, 2.24) is 5.32 Å². The molecule has 0 saturated heterocycles. The topological polar surface area (TPSA) is 66.4 Å². The van der Waals surface area contributed by atoms with Crippen LogP contribution in [-0.2, 0) is 16.0 Å². The van der Waals surface area contributed by atoms with E-state index in [4.69, 9.17) is 16.7 Å². The van der Waals surface area contributed by atoms with Crippen LogP contribution in [0.2, 0.25) is 5.02 Å². The van der Waals surface area contributed by atoms with E-state index in [1.54, 1.807) is 13.8 Å². The molecule has 0 spiro atoms. The third-order valence-corrected chi connectivity index (χ3v) is 3.38. The van der Waals surface area contributed by atoms with Crippen LogP contribution in [0.1, 0.15) is 39.2 Å². The lowest BCUT2D eigenvalue weighted by atomic mass is 9.85. The number of carbonyl (C=O) groups excluding carboxylic acids is 1. The fraction of sp³-hybridized carbons (Fsp3) is 0.500. The SMILES string of the molecule is CC(Cc1ccc(Cl)cc1)NC(=O)CC(C)(C)CC(=O)O. The Bertz CT molecular complexity index is 497. The van der Waals surface area contributed by atoms with Crippen LogP contribution in [0.5, 0.6) is 0 Å². The number of amides is 1. The van der Waals surface area contributed by atoms with Crippen LogP contribution in [0.4, 0.5) is 0 Å². The number of carboxylic acid groups (broad SMARTS) is 1. The van der Waals surface area contributed by atoms with E-state index in [9.17, 15) is 9.59 Å². The second kappa shape index (κ2) is 7.46. The van der Waals surface area contributed by atoms with Gasteiger partial charge in [0.05, 0.1) is 6.42 Å². The maximum Gasteiger partial charge on any atom is 0.303 e. The van der Waals surface area contributed by atoms with Crippen molar-refractivity contribution >= 4 is 23.5 Å². The van der Waals surface area contributed by atoms with Crippen LogP contribution in [-0.4, -0.2) is 23.0 Å². The number of carboxylic acids is 1. The zero-order chi connectivity index (χ0) is 16.0. The van der Waals surface area contributed by atoms with Gasteiger partial charge in [-0.25, -0.2) is 0 Å². The van der Waals surface area contributed by atoms with Crippen LogP contribution in [0.3, 0.4) is 0 Å². The average molecular weight is 312 g/mol. The molecule has 4 nitrogen and oxygen atoms in total. The van der Waals surface area contributed by atoms with Crippen LogP contribution in [0.25, 0.3) is 0 Å². The van der Waals surface area contributed by atoms with E-state index in [1.165, 1.54) is 0 Å². The van der Waals surface area contributed by atoms with Crippen molar-refractivity contribution in [3.8, 4) is 0 Å². The Balaban J connectivity index is 2.46. The highest BCUT2D eigenvalue weighted by atomic mass is 35.5. The molecule has 1 unspecified atom stereocenters. The summed E-state index contributed by atoms with van der Waals surface area (Å²) in [6, 6.07) is 7.49. The molecule has 116 valence electrons. The number of benzene rings is 1. The minimum absolute atomic E-state index is 0.0145. The molecular weight excluding hydrogens is 290 g/mol. The average Bonchev–Trinajstić information content (AvgIpc) is 2.28. The van der Waals surface area contributed by atoms with Crippen LogP contribution >= 0.6 is 11.6 Å². The first-order valence-electron chi connectivity index (χ1n) is 6.93. The summed E-state index contributed by atoms with van der Waals surface area (Å²) >= 11 is 5.83. The van der Waals surface area contributed by atoms with E-state index in [-0.39, 0.29) is 24.8 Å². The van der Waals surface area contributed by atoms with Crippen molar-refractivity contribution < 1.29 is 14.7 Å². The summed E-state index contributed by atoms with van der Waals surface area (Å²) in [5.74, 6) is -1.01. The Morgan fingerprint density at radius 2 is 1.81 bits per heavy atom. The van der Waals surface area contributed by atoms with E-state index in [0.29, 0.717) is 11.4 Å². The molecule has 0 aliphatic heterocycles. The molecule has 0 aliphatic rings. The van der Waals surface area contributed by atoms with E-state index in [0.717, 1.165) is 5.56 Å². The van der Waals surface area contributed by atoms with Gasteiger partial charge in [0.2, 0.25) is 5.91 Å². The minimum Gasteiger partial charge on any atom is -0.481 e. The molecule has 5 heteroatoms. The third kappa shape index (κ3) is 7.14. The lowest BCUT2D eigenvalue weighted by molar-refractivity contribution is -0.139. The molecule has 0 aliphatic carbocycles. The molecule has 0 aromatic heterocycles. The van der Waals surface area contributed by atoms with Crippen molar-refractivity contribution in [3.05, 3.63) is 34.9 Å². The van der Waals surface area contributed by atoms with Crippen molar-refractivity contribution in [3.63, 3.8) is 0 Å². The molecule has 2 N–H and O–H groups in total. The molecule has 21 heavy (non-hydrogen) atoms. The lowest BCUT2D eigenvalue weighted by Gasteiger charge is -2.23. The summed E-state index contributed by atoms with van der Waals surface area (Å²) in [4.78, 5) is 22.7. The monoisotopic (exact) mass is 311 g/mol. The van der Waals surface area contributed by atoms with Gasteiger partial charge >= 0.3 is 5.97 Å². The van der Waals surface area contributed by atoms with Gasteiger partial charge in [-0.15, -0.1) is 0 Å². The quantitative estimate of drug-likeness (QED) is 0.812. The fourth-order valence-electron chi connectivity index (χ4n) is 2.26. The maximum absolute atomic E-state index is 12.0. The Morgan fingerprint density at radius 1 is 1.24 bits per heavy atom. The number of hydrogen-bond donors (Lipinski definition) is 2. The number of rotatable bonds is 7. The smallest absolute Gasteiger partial charge is 0.303 e. The maximum atomic E-state index is 12.0. The summed E-state index contributed by atoms with van der Waals surface area (Å²) in [5, 5.41) is 12.4. The highest BCUT2D eigenvalue weighted by molar-refractivity contribution is 6.30. The van der Waals surface area contributed by atoms with Gasteiger partial charge in [0, 0.05) is 17.5 Å². The number of nitrogens with one attached hydrogen (secondary N) is 1. The van der Waals surface area contributed by atoms with Gasteiger partial charge in [0.1, 0.15) is 0 Å². The standard InChI is InChI=1S/C16H22ClNO3/c1-11(8-12-4-6-13(17)7-5-12)18-14(19)9-16(2,3)10-15(20)21/h4-7,11H,8-10H2,1-3H3,(H,18,19)(H,20,21). The Hall–Kier alpha value is -1.55. The zero-order valence-corrected chi connectivity index (χ0v) is 13.4. The number of hydrogen-bond acceptors (Lipinski definition) is 2. The minimum atomic E-state index is -0.887. The van der Waals surface area contributed by atoms with Crippen LogP contribution < -0.4 is 5.32 Å². The normalized spacial score (nSPS) is 12.8. The molecule has 1 atom stereocenters. The molecule has 1 rings (SSSR count). The first-order valence-corrected chi connectivity index (χ1v) is 7.31. The lowest BCUT2D eigenvalue weighted by Crippen LogP contribution is -2.37. The van der Waals surface area contributed by atoms with E-state index < -0.39 is 11.4 Å². The van der Waals surface area contributed by atoms with Gasteiger partial charge in [0.15, 0.2) is 0 Å². The van der Waals surface area contributed by atoms with Crippen LogP contribution in [0.15, 0.2) is 24.3 Å². The van der Waals surface area contributed by atoms with E-state index in [1.807, 2.05) is 31.2 Å². The summed E-state index contributed by atoms with van der Waals surface area (Å²) in [6.45, 7) is 5.49.